The second-order valence-corrected chi connectivity index (χ2v) is 5.37. The fraction of sp³-hybridized carbons (Fsp3) is 0.167. The van der Waals surface area contributed by atoms with Crippen molar-refractivity contribution in [3.8, 4) is 6.07 Å². The second kappa shape index (κ2) is 6.92. The van der Waals surface area contributed by atoms with Crippen LogP contribution in [0.5, 0.6) is 0 Å². The highest BCUT2D eigenvalue weighted by molar-refractivity contribution is 6.06. The summed E-state index contributed by atoms with van der Waals surface area (Å²) in [6.07, 6.45) is -0.144. The van der Waals surface area contributed by atoms with E-state index < -0.39 is 6.10 Å². The Bertz CT molecular complexity index is 825. The molecule has 0 spiro atoms. The smallest absolute Gasteiger partial charge is 0.268 e. The number of halogens is 1. The molecule has 0 bridgehead atoms. The summed E-state index contributed by atoms with van der Waals surface area (Å²) in [5.74, 6) is -0.682. The Morgan fingerprint density at radius 1 is 1.33 bits per heavy atom. The molecule has 0 aliphatic carbocycles. The molecular formula is C18H14FN3O2. The van der Waals surface area contributed by atoms with E-state index in [1.807, 2.05) is 0 Å². The standard InChI is InChI=1S/C18H14FN3O2/c19-14-3-1-2-13(10-14)16-11-17(24-22-16)18(23)21-15-6-4-12(5-7-15)8-9-20/h1-7,10,17H,8,11H2,(H,21,23). The van der Waals surface area contributed by atoms with Gasteiger partial charge in [0.25, 0.3) is 5.91 Å². The molecule has 0 aromatic heterocycles. The Labute approximate surface area is 138 Å². The molecule has 2 aromatic rings. The van der Waals surface area contributed by atoms with Crippen molar-refractivity contribution in [1.29, 1.82) is 5.26 Å². The first-order chi connectivity index (χ1) is 11.7. The zero-order chi connectivity index (χ0) is 16.9. The molecule has 1 heterocycles. The molecule has 6 heteroatoms. The number of nitrogens with zero attached hydrogens (tertiary/aromatic N) is 2. The number of nitriles is 1. The fourth-order valence-corrected chi connectivity index (χ4v) is 2.38. The van der Waals surface area contributed by atoms with Crippen LogP contribution in [0.3, 0.4) is 0 Å². The van der Waals surface area contributed by atoms with Crippen molar-refractivity contribution in [2.24, 2.45) is 5.16 Å². The molecule has 1 unspecified atom stereocenters. The normalized spacial score (nSPS) is 16.0. The van der Waals surface area contributed by atoms with Crippen LogP contribution in [0, 0.1) is 17.1 Å². The van der Waals surface area contributed by atoms with Crippen LogP contribution in [0.2, 0.25) is 0 Å². The number of benzene rings is 2. The molecule has 5 nitrogen and oxygen atoms in total. The van der Waals surface area contributed by atoms with Crippen LogP contribution in [0.4, 0.5) is 10.1 Å². The summed E-state index contributed by atoms with van der Waals surface area (Å²) in [6.45, 7) is 0. The van der Waals surface area contributed by atoms with E-state index in [1.165, 1.54) is 12.1 Å². The van der Waals surface area contributed by atoms with Crippen LogP contribution in [0.1, 0.15) is 17.5 Å². The average Bonchev–Trinajstić information content (AvgIpc) is 3.07. The maximum Gasteiger partial charge on any atom is 0.268 e. The minimum absolute atomic E-state index is 0.280. The molecule has 1 amide bonds. The van der Waals surface area contributed by atoms with Gasteiger partial charge in [-0.1, -0.05) is 29.4 Å². The molecule has 1 aliphatic rings. The van der Waals surface area contributed by atoms with Crippen molar-refractivity contribution < 1.29 is 14.0 Å². The topological polar surface area (TPSA) is 74.5 Å². The third-order valence-corrected chi connectivity index (χ3v) is 3.62. The number of hydrogen-bond donors (Lipinski definition) is 1. The van der Waals surface area contributed by atoms with Gasteiger partial charge in [-0.3, -0.25) is 4.79 Å². The molecule has 24 heavy (non-hydrogen) atoms. The molecule has 0 radical (unpaired) electrons. The first-order valence-corrected chi connectivity index (χ1v) is 7.41. The number of hydrogen-bond acceptors (Lipinski definition) is 4. The highest BCUT2D eigenvalue weighted by Crippen LogP contribution is 2.19. The fourth-order valence-electron chi connectivity index (χ4n) is 2.38. The first kappa shape index (κ1) is 15.7. The zero-order valence-corrected chi connectivity index (χ0v) is 12.7. The summed E-state index contributed by atoms with van der Waals surface area (Å²) < 4.78 is 13.3. The van der Waals surface area contributed by atoms with Crippen molar-refractivity contribution >= 4 is 17.3 Å². The van der Waals surface area contributed by atoms with Crippen LogP contribution < -0.4 is 5.32 Å². The summed E-state index contributed by atoms with van der Waals surface area (Å²) >= 11 is 0. The van der Waals surface area contributed by atoms with Gasteiger partial charge >= 0.3 is 0 Å². The van der Waals surface area contributed by atoms with Crippen LogP contribution in [0.25, 0.3) is 0 Å². The molecule has 120 valence electrons. The van der Waals surface area contributed by atoms with Gasteiger partial charge < -0.3 is 10.2 Å². The Hall–Kier alpha value is -3.20. The predicted octanol–water partition coefficient (Wildman–Crippen LogP) is 3.02. The quantitative estimate of drug-likeness (QED) is 0.940. The Kier molecular flexibility index (Phi) is 4.52. The Morgan fingerprint density at radius 3 is 2.83 bits per heavy atom. The van der Waals surface area contributed by atoms with E-state index in [9.17, 15) is 9.18 Å². The molecule has 1 N–H and O–H groups in total. The van der Waals surface area contributed by atoms with Gasteiger partial charge in [-0.2, -0.15) is 5.26 Å². The number of carbonyl (C=O) groups excluding carboxylic acids is 1. The molecule has 0 saturated heterocycles. The minimum atomic E-state index is -0.748. The molecule has 1 aliphatic heterocycles. The van der Waals surface area contributed by atoms with E-state index >= 15 is 0 Å². The summed E-state index contributed by atoms with van der Waals surface area (Å²) in [6, 6.07) is 15.1. The third kappa shape index (κ3) is 3.58. The van der Waals surface area contributed by atoms with Crippen molar-refractivity contribution in [2.75, 3.05) is 5.32 Å². The lowest BCUT2D eigenvalue weighted by molar-refractivity contribution is -0.125. The van der Waals surface area contributed by atoms with E-state index in [2.05, 4.69) is 16.5 Å². The molecule has 1 atom stereocenters. The summed E-state index contributed by atoms with van der Waals surface area (Å²) in [4.78, 5) is 17.4. The van der Waals surface area contributed by atoms with E-state index in [0.717, 1.165) is 5.56 Å². The molecule has 0 fully saturated rings. The Balaban J connectivity index is 1.60. The third-order valence-electron chi connectivity index (χ3n) is 3.62. The maximum absolute atomic E-state index is 13.3. The monoisotopic (exact) mass is 323 g/mol. The number of carbonyl (C=O) groups is 1. The minimum Gasteiger partial charge on any atom is -0.382 e. The summed E-state index contributed by atoms with van der Waals surface area (Å²) in [5.41, 5.74) is 2.64. The lowest BCUT2D eigenvalue weighted by Crippen LogP contribution is -2.28. The number of amides is 1. The van der Waals surface area contributed by atoms with Crippen LogP contribution in [-0.2, 0) is 16.1 Å². The van der Waals surface area contributed by atoms with Crippen LogP contribution in [0.15, 0.2) is 53.7 Å². The van der Waals surface area contributed by atoms with Gasteiger partial charge in [-0.25, -0.2) is 4.39 Å². The number of anilines is 1. The highest BCUT2D eigenvalue weighted by atomic mass is 19.1. The van der Waals surface area contributed by atoms with E-state index in [0.29, 0.717) is 23.4 Å². The molecule has 3 rings (SSSR count). The first-order valence-electron chi connectivity index (χ1n) is 7.41. The molecule has 0 saturated carbocycles. The average molecular weight is 323 g/mol. The SMILES string of the molecule is N#CCc1ccc(NC(=O)C2CC(c3cccc(F)c3)=NO2)cc1. The lowest BCUT2D eigenvalue weighted by atomic mass is 10.0. The number of nitrogens with one attached hydrogen (secondary N) is 1. The van der Waals surface area contributed by atoms with Crippen molar-refractivity contribution in [3.05, 3.63) is 65.5 Å². The van der Waals surface area contributed by atoms with Crippen molar-refractivity contribution in [2.45, 2.75) is 18.9 Å². The largest absolute Gasteiger partial charge is 0.382 e. The van der Waals surface area contributed by atoms with E-state index in [1.54, 1.807) is 36.4 Å². The predicted molar refractivity (Wildman–Crippen MR) is 86.8 cm³/mol. The maximum atomic E-state index is 13.3. The second-order valence-electron chi connectivity index (χ2n) is 5.37. The summed E-state index contributed by atoms with van der Waals surface area (Å²) in [7, 11) is 0. The highest BCUT2D eigenvalue weighted by Gasteiger charge is 2.29. The van der Waals surface area contributed by atoms with Crippen molar-refractivity contribution in [3.63, 3.8) is 0 Å². The molecular weight excluding hydrogens is 309 g/mol. The van der Waals surface area contributed by atoms with Gasteiger partial charge in [0, 0.05) is 17.7 Å². The van der Waals surface area contributed by atoms with E-state index in [-0.39, 0.29) is 18.1 Å². The van der Waals surface area contributed by atoms with Crippen LogP contribution in [-0.4, -0.2) is 17.7 Å². The Morgan fingerprint density at radius 2 is 2.12 bits per heavy atom. The number of oxime groups is 1. The van der Waals surface area contributed by atoms with Crippen LogP contribution >= 0.6 is 0 Å². The number of rotatable bonds is 4. The molecule has 2 aromatic carbocycles. The summed E-state index contributed by atoms with van der Waals surface area (Å²) in [5, 5.41) is 15.3. The van der Waals surface area contributed by atoms with Gasteiger partial charge in [0.2, 0.25) is 6.10 Å². The van der Waals surface area contributed by atoms with Gasteiger partial charge in [0.1, 0.15) is 5.82 Å². The van der Waals surface area contributed by atoms with Gasteiger partial charge in [0.15, 0.2) is 0 Å². The lowest BCUT2D eigenvalue weighted by Gasteiger charge is -2.09. The van der Waals surface area contributed by atoms with Gasteiger partial charge in [-0.15, -0.1) is 0 Å². The van der Waals surface area contributed by atoms with Crippen molar-refractivity contribution in [1.82, 2.24) is 0 Å². The zero-order valence-electron chi connectivity index (χ0n) is 12.7. The van der Waals surface area contributed by atoms with Gasteiger partial charge in [0.05, 0.1) is 18.2 Å². The van der Waals surface area contributed by atoms with E-state index in [4.69, 9.17) is 10.1 Å². The van der Waals surface area contributed by atoms with Gasteiger partial charge in [-0.05, 0) is 29.8 Å².